The third-order valence-corrected chi connectivity index (χ3v) is 4.25. The van der Waals surface area contributed by atoms with Gasteiger partial charge in [0, 0.05) is 24.4 Å². The molecule has 0 amide bonds. The van der Waals surface area contributed by atoms with Gasteiger partial charge in [0.2, 0.25) is 0 Å². The smallest absolute Gasteiger partial charge is 0.0733 e. The summed E-state index contributed by atoms with van der Waals surface area (Å²) in [5, 5.41) is 3.73. The van der Waals surface area contributed by atoms with Gasteiger partial charge in [-0.3, -0.25) is 0 Å². The lowest BCUT2D eigenvalue weighted by molar-refractivity contribution is 0.185. The number of benzene rings is 1. The van der Waals surface area contributed by atoms with Crippen molar-refractivity contribution < 1.29 is 4.74 Å². The molecule has 106 valence electrons. The first-order chi connectivity index (χ1) is 9.11. The minimum atomic E-state index is 0.516. The second-order valence-electron chi connectivity index (χ2n) is 6.53. The predicted octanol–water partition coefficient (Wildman–Crippen LogP) is 4.60. The maximum atomic E-state index is 5.28. The monoisotopic (exact) mass is 261 g/mol. The number of ether oxygens (including phenoxy) is 1. The lowest BCUT2D eigenvalue weighted by atomic mass is 9.85. The summed E-state index contributed by atoms with van der Waals surface area (Å²) in [7, 11) is 1.75. The van der Waals surface area contributed by atoms with E-state index in [1.165, 1.54) is 43.4 Å². The SMILES string of the molecule is COCc1ccccc1NC1CCCC(C)(C)CC1. The average Bonchev–Trinajstić information content (AvgIpc) is 2.54. The van der Waals surface area contributed by atoms with E-state index in [0.29, 0.717) is 18.1 Å². The topological polar surface area (TPSA) is 21.3 Å². The van der Waals surface area contributed by atoms with Crippen molar-refractivity contribution in [1.82, 2.24) is 0 Å². The van der Waals surface area contributed by atoms with Gasteiger partial charge in [-0.1, -0.05) is 38.5 Å². The maximum Gasteiger partial charge on any atom is 0.0733 e. The molecule has 0 heterocycles. The summed E-state index contributed by atoms with van der Waals surface area (Å²) >= 11 is 0. The van der Waals surface area contributed by atoms with Crippen LogP contribution in [0.25, 0.3) is 0 Å². The zero-order valence-electron chi connectivity index (χ0n) is 12.5. The van der Waals surface area contributed by atoms with Crippen LogP contribution in [0.15, 0.2) is 24.3 Å². The Balaban J connectivity index is 2.01. The maximum absolute atomic E-state index is 5.28. The molecule has 0 aliphatic heterocycles. The van der Waals surface area contributed by atoms with Crippen molar-refractivity contribution >= 4 is 5.69 Å². The van der Waals surface area contributed by atoms with E-state index in [9.17, 15) is 0 Å². The number of hydrogen-bond donors (Lipinski definition) is 1. The molecule has 0 bridgehead atoms. The minimum Gasteiger partial charge on any atom is -0.382 e. The first-order valence-corrected chi connectivity index (χ1v) is 7.44. The van der Waals surface area contributed by atoms with Crippen LogP contribution in [0.3, 0.4) is 0 Å². The standard InChI is InChI=1S/C17H27NO/c1-17(2)11-6-8-15(10-12-17)18-16-9-5-4-7-14(16)13-19-3/h4-5,7,9,15,18H,6,8,10-13H2,1-3H3. The van der Waals surface area contributed by atoms with Gasteiger partial charge in [-0.2, -0.15) is 0 Å². The van der Waals surface area contributed by atoms with E-state index in [-0.39, 0.29) is 0 Å². The summed E-state index contributed by atoms with van der Waals surface area (Å²) in [6.07, 6.45) is 6.55. The normalized spacial score (nSPS) is 22.8. The van der Waals surface area contributed by atoms with Gasteiger partial charge in [-0.15, -0.1) is 0 Å². The molecular weight excluding hydrogens is 234 g/mol. The minimum absolute atomic E-state index is 0.516. The molecule has 1 fully saturated rings. The lowest BCUT2D eigenvalue weighted by Crippen LogP contribution is -2.20. The molecule has 0 saturated heterocycles. The third kappa shape index (κ3) is 4.24. The second kappa shape index (κ2) is 6.42. The van der Waals surface area contributed by atoms with E-state index in [4.69, 9.17) is 4.74 Å². The number of nitrogens with one attached hydrogen (secondary N) is 1. The summed E-state index contributed by atoms with van der Waals surface area (Å²) in [6, 6.07) is 9.11. The van der Waals surface area contributed by atoms with Crippen molar-refractivity contribution in [3.05, 3.63) is 29.8 Å². The molecule has 1 atom stereocenters. The lowest BCUT2D eigenvalue weighted by Gasteiger charge is -2.23. The Labute approximate surface area is 117 Å². The van der Waals surface area contributed by atoms with Crippen molar-refractivity contribution in [2.24, 2.45) is 5.41 Å². The van der Waals surface area contributed by atoms with Crippen molar-refractivity contribution in [2.45, 2.75) is 58.6 Å². The molecular formula is C17H27NO. The number of hydrogen-bond acceptors (Lipinski definition) is 2. The fourth-order valence-electron chi connectivity index (χ4n) is 2.97. The van der Waals surface area contributed by atoms with Crippen LogP contribution in [-0.2, 0) is 11.3 Å². The quantitative estimate of drug-likeness (QED) is 0.799. The Hall–Kier alpha value is -1.02. The van der Waals surface area contributed by atoms with E-state index in [2.05, 4.69) is 43.4 Å². The van der Waals surface area contributed by atoms with Crippen LogP contribution >= 0.6 is 0 Å². The molecule has 0 radical (unpaired) electrons. The average molecular weight is 261 g/mol. The molecule has 1 saturated carbocycles. The van der Waals surface area contributed by atoms with Crippen molar-refractivity contribution in [3.63, 3.8) is 0 Å². The molecule has 2 nitrogen and oxygen atoms in total. The van der Waals surface area contributed by atoms with E-state index in [1.54, 1.807) is 7.11 Å². The van der Waals surface area contributed by atoms with Crippen LogP contribution in [0.5, 0.6) is 0 Å². The summed E-state index contributed by atoms with van der Waals surface area (Å²) in [4.78, 5) is 0. The zero-order valence-corrected chi connectivity index (χ0v) is 12.5. The van der Waals surface area contributed by atoms with E-state index >= 15 is 0 Å². The van der Waals surface area contributed by atoms with E-state index in [1.807, 2.05) is 0 Å². The Morgan fingerprint density at radius 3 is 2.79 bits per heavy atom. The first-order valence-electron chi connectivity index (χ1n) is 7.44. The van der Waals surface area contributed by atoms with Crippen molar-refractivity contribution in [1.29, 1.82) is 0 Å². The number of methoxy groups -OCH3 is 1. The molecule has 0 aromatic heterocycles. The summed E-state index contributed by atoms with van der Waals surface area (Å²) in [5.74, 6) is 0. The van der Waals surface area contributed by atoms with Crippen LogP contribution in [0.2, 0.25) is 0 Å². The van der Waals surface area contributed by atoms with Crippen LogP contribution in [0.1, 0.15) is 51.5 Å². The van der Waals surface area contributed by atoms with Gasteiger partial charge in [0.25, 0.3) is 0 Å². The van der Waals surface area contributed by atoms with Crippen LogP contribution in [0.4, 0.5) is 5.69 Å². The molecule has 19 heavy (non-hydrogen) atoms. The summed E-state index contributed by atoms with van der Waals surface area (Å²) < 4.78 is 5.28. The van der Waals surface area contributed by atoms with Crippen LogP contribution in [-0.4, -0.2) is 13.2 Å². The molecule has 1 N–H and O–H groups in total. The highest BCUT2D eigenvalue weighted by molar-refractivity contribution is 5.51. The number of anilines is 1. The van der Waals surface area contributed by atoms with E-state index < -0.39 is 0 Å². The fourth-order valence-corrected chi connectivity index (χ4v) is 2.97. The Bertz CT molecular complexity index is 400. The largest absolute Gasteiger partial charge is 0.382 e. The highest BCUT2D eigenvalue weighted by atomic mass is 16.5. The zero-order chi connectivity index (χ0) is 13.7. The third-order valence-electron chi connectivity index (χ3n) is 4.25. The first kappa shape index (κ1) is 14.4. The summed E-state index contributed by atoms with van der Waals surface area (Å²) in [5.41, 5.74) is 3.02. The Kier molecular flexibility index (Phi) is 4.87. The molecule has 2 rings (SSSR count). The van der Waals surface area contributed by atoms with Crippen molar-refractivity contribution in [3.8, 4) is 0 Å². The van der Waals surface area contributed by atoms with Gasteiger partial charge >= 0.3 is 0 Å². The molecule has 2 heteroatoms. The van der Waals surface area contributed by atoms with Crippen molar-refractivity contribution in [2.75, 3.05) is 12.4 Å². The summed E-state index contributed by atoms with van der Waals surface area (Å²) in [6.45, 7) is 5.48. The van der Waals surface area contributed by atoms with Gasteiger partial charge in [0.05, 0.1) is 6.61 Å². The van der Waals surface area contributed by atoms with Gasteiger partial charge in [0.1, 0.15) is 0 Å². The van der Waals surface area contributed by atoms with Gasteiger partial charge in [-0.25, -0.2) is 0 Å². The predicted molar refractivity (Wildman–Crippen MR) is 81.4 cm³/mol. The Morgan fingerprint density at radius 1 is 1.21 bits per heavy atom. The molecule has 1 aromatic rings. The van der Waals surface area contributed by atoms with Gasteiger partial charge < -0.3 is 10.1 Å². The van der Waals surface area contributed by atoms with Gasteiger partial charge in [0.15, 0.2) is 0 Å². The van der Waals surface area contributed by atoms with Crippen LogP contribution in [0, 0.1) is 5.41 Å². The second-order valence-corrected chi connectivity index (χ2v) is 6.53. The molecule has 1 aliphatic carbocycles. The van der Waals surface area contributed by atoms with Gasteiger partial charge in [-0.05, 0) is 37.2 Å². The Morgan fingerprint density at radius 2 is 2.00 bits per heavy atom. The molecule has 0 spiro atoms. The fraction of sp³-hybridized carbons (Fsp3) is 0.647. The molecule has 1 aliphatic rings. The molecule has 1 unspecified atom stereocenters. The van der Waals surface area contributed by atoms with E-state index in [0.717, 1.165) is 0 Å². The number of rotatable bonds is 4. The highest BCUT2D eigenvalue weighted by Crippen LogP contribution is 2.35. The molecule has 1 aromatic carbocycles. The number of para-hydroxylation sites is 1. The highest BCUT2D eigenvalue weighted by Gasteiger charge is 2.24. The van der Waals surface area contributed by atoms with Crippen LogP contribution < -0.4 is 5.32 Å².